The summed E-state index contributed by atoms with van der Waals surface area (Å²) in [4.78, 5) is 16.6. The van der Waals surface area contributed by atoms with Crippen molar-refractivity contribution < 1.29 is 13.6 Å². The largest absolute Gasteiger partial charge is 0.469 e. The molecule has 3 aromatic rings. The molecule has 0 aliphatic heterocycles. The summed E-state index contributed by atoms with van der Waals surface area (Å²) in [5.74, 6) is 1.12. The SMILES string of the molecule is Cc1occc1-c1nnc(S[C@H](C(=O)NCc2cccnc2)C(C)C)o1. The van der Waals surface area contributed by atoms with E-state index in [-0.39, 0.29) is 17.1 Å². The normalized spacial score (nSPS) is 12.3. The molecule has 1 N–H and O–H groups in total. The van der Waals surface area contributed by atoms with Crippen molar-refractivity contribution in [2.24, 2.45) is 5.92 Å². The molecule has 8 heteroatoms. The Morgan fingerprint density at radius 2 is 2.15 bits per heavy atom. The van der Waals surface area contributed by atoms with E-state index in [1.165, 1.54) is 11.8 Å². The number of nitrogens with zero attached hydrogens (tertiary/aromatic N) is 3. The van der Waals surface area contributed by atoms with Crippen molar-refractivity contribution in [2.45, 2.75) is 37.8 Å². The molecule has 0 aliphatic rings. The molecular weight excluding hydrogens is 352 g/mol. The Morgan fingerprint density at radius 3 is 2.81 bits per heavy atom. The summed E-state index contributed by atoms with van der Waals surface area (Å²) < 4.78 is 10.9. The second-order valence-electron chi connectivity index (χ2n) is 6.13. The van der Waals surface area contributed by atoms with Gasteiger partial charge in [0.1, 0.15) is 5.76 Å². The molecule has 3 heterocycles. The Bertz CT molecular complexity index is 860. The maximum atomic E-state index is 12.6. The first-order valence-corrected chi connectivity index (χ1v) is 9.14. The van der Waals surface area contributed by atoms with Crippen LogP contribution in [0.5, 0.6) is 0 Å². The molecule has 3 aromatic heterocycles. The zero-order valence-electron chi connectivity index (χ0n) is 14.8. The summed E-state index contributed by atoms with van der Waals surface area (Å²) in [5, 5.41) is 11.1. The third-order valence-electron chi connectivity index (χ3n) is 3.78. The lowest BCUT2D eigenvalue weighted by molar-refractivity contribution is -0.121. The van der Waals surface area contributed by atoms with E-state index >= 15 is 0 Å². The Labute approximate surface area is 155 Å². The van der Waals surface area contributed by atoms with E-state index in [1.807, 2.05) is 32.9 Å². The molecule has 1 amide bonds. The molecule has 0 aromatic carbocycles. The minimum atomic E-state index is -0.342. The molecule has 0 saturated heterocycles. The van der Waals surface area contributed by atoms with Crippen LogP contribution in [0.3, 0.4) is 0 Å². The van der Waals surface area contributed by atoms with Crippen LogP contribution in [0.4, 0.5) is 0 Å². The van der Waals surface area contributed by atoms with Gasteiger partial charge >= 0.3 is 0 Å². The number of rotatable bonds is 7. The number of carbonyl (C=O) groups is 1. The van der Waals surface area contributed by atoms with Gasteiger partial charge in [0, 0.05) is 18.9 Å². The lowest BCUT2D eigenvalue weighted by atomic mass is 10.1. The molecular formula is C18H20N4O3S. The van der Waals surface area contributed by atoms with Crippen molar-refractivity contribution in [2.75, 3.05) is 0 Å². The van der Waals surface area contributed by atoms with E-state index < -0.39 is 0 Å². The highest BCUT2D eigenvalue weighted by Crippen LogP contribution is 2.31. The average Bonchev–Trinajstić information content (AvgIpc) is 3.26. The summed E-state index contributed by atoms with van der Waals surface area (Å²) in [6.07, 6.45) is 5.01. The van der Waals surface area contributed by atoms with E-state index in [9.17, 15) is 4.79 Å². The van der Waals surface area contributed by atoms with Gasteiger partial charge in [-0.25, -0.2) is 0 Å². The van der Waals surface area contributed by atoms with Gasteiger partial charge < -0.3 is 14.2 Å². The lowest BCUT2D eigenvalue weighted by Crippen LogP contribution is -2.35. The van der Waals surface area contributed by atoms with Crippen LogP contribution >= 0.6 is 11.8 Å². The molecule has 0 spiro atoms. The van der Waals surface area contributed by atoms with Gasteiger partial charge in [0.2, 0.25) is 5.91 Å². The predicted octanol–water partition coefficient (Wildman–Crippen LogP) is 3.47. The number of aromatic nitrogens is 3. The van der Waals surface area contributed by atoms with Gasteiger partial charge in [0.15, 0.2) is 0 Å². The fourth-order valence-corrected chi connectivity index (χ4v) is 3.26. The average molecular weight is 372 g/mol. The van der Waals surface area contributed by atoms with Crippen molar-refractivity contribution in [3.8, 4) is 11.5 Å². The number of hydrogen-bond acceptors (Lipinski definition) is 7. The van der Waals surface area contributed by atoms with Gasteiger partial charge in [-0.1, -0.05) is 31.7 Å². The first kappa shape index (κ1) is 18.2. The van der Waals surface area contributed by atoms with Crippen LogP contribution < -0.4 is 5.32 Å². The standard InChI is InChI=1S/C18H20N4O3S/c1-11(2)15(16(23)20-10-13-5-4-7-19-9-13)26-18-22-21-17(25-18)14-6-8-24-12(14)3/h4-9,11,15H,10H2,1-3H3,(H,20,23)/t15-/m0/s1. The number of furan rings is 1. The van der Waals surface area contributed by atoms with Crippen molar-refractivity contribution in [1.29, 1.82) is 0 Å². The molecule has 26 heavy (non-hydrogen) atoms. The Morgan fingerprint density at radius 1 is 1.31 bits per heavy atom. The molecule has 1 atom stereocenters. The number of hydrogen-bond donors (Lipinski definition) is 1. The fourth-order valence-electron chi connectivity index (χ4n) is 2.37. The third kappa shape index (κ3) is 4.32. The highest BCUT2D eigenvalue weighted by molar-refractivity contribution is 8.00. The van der Waals surface area contributed by atoms with E-state index in [0.29, 0.717) is 23.4 Å². The van der Waals surface area contributed by atoms with Crippen LogP contribution in [-0.4, -0.2) is 26.3 Å². The van der Waals surface area contributed by atoms with Crippen LogP contribution in [0.2, 0.25) is 0 Å². The summed E-state index contributed by atoms with van der Waals surface area (Å²) in [5.41, 5.74) is 1.70. The van der Waals surface area contributed by atoms with Crippen molar-refractivity contribution in [3.05, 3.63) is 48.2 Å². The maximum absolute atomic E-state index is 12.6. The van der Waals surface area contributed by atoms with Gasteiger partial charge in [-0.05, 0) is 30.5 Å². The van der Waals surface area contributed by atoms with E-state index in [2.05, 4.69) is 20.5 Å². The summed E-state index contributed by atoms with van der Waals surface area (Å²) in [6.45, 7) is 6.23. The monoisotopic (exact) mass is 372 g/mol. The molecule has 0 aliphatic carbocycles. The maximum Gasteiger partial charge on any atom is 0.277 e. The zero-order chi connectivity index (χ0) is 18.5. The zero-order valence-corrected chi connectivity index (χ0v) is 15.6. The number of carbonyl (C=O) groups excluding carboxylic acids is 1. The van der Waals surface area contributed by atoms with Crippen LogP contribution in [0, 0.1) is 12.8 Å². The summed E-state index contributed by atoms with van der Waals surface area (Å²) in [7, 11) is 0. The number of nitrogens with one attached hydrogen (secondary N) is 1. The number of thioether (sulfide) groups is 1. The molecule has 136 valence electrons. The minimum absolute atomic E-state index is 0.0758. The van der Waals surface area contributed by atoms with Gasteiger partial charge in [-0.15, -0.1) is 10.2 Å². The number of amides is 1. The number of pyridine rings is 1. The van der Waals surface area contributed by atoms with E-state index in [0.717, 1.165) is 11.1 Å². The van der Waals surface area contributed by atoms with Gasteiger partial charge in [-0.2, -0.15) is 0 Å². The molecule has 0 radical (unpaired) electrons. The van der Waals surface area contributed by atoms with Crippen LogP contribution in [0.15, 0.2) is 50.9 Å². The van der Waals surface area contributed by atoms with Crippen molar-refractivity contribution in [1.82, 2.24) is 20.5 Å². The molecule has 7 nitrogen and oxygen atoms in total. The van der Waals surface area contributed by atoms with Crippen LogP contribution in [0.25, 0.3) is 11.5 Å². The number of aryl methyl sites for hydroxylation is 1. The van der Waals surface area contributed by atoms with Gasteiger partial charge in [0.05, 0.1) is 17.1 Å². The van der Waals surface area contributed by atoms with Gasteiger partial charge in [-0.3, -0.25) is 9.78 Å². The molecule has 0 unspecified atom stereocenters. The Hall–Kier alpha value is -2.61. The molecule has 3 rings (SSSR count). The fraction of sp³-hybridized carbons (Fsp3) is 0.333. The van der Waals surface area contributed by atoms with Crippen molar-refractivity contribution in [3.63, 3.8) is 0 Å². The summed E-state index contributed by atoms with van der Waals surface area (Å²) >= 11 is 1.27. The minimum Gasteiger partial charge on any atom is -0.469 e. The molecule has 0 fully saturated rings. The second-order valence-corrected chi connectivity index (χ2v) is 7.22. The highest BCUT2D eigenvalue weighted by atomic mass is 32.2. The van der Waals surface area contributed by atoms with Crippen LogP contribution in [0.1, 0.15) is 25.2 Å². The predicted molar refractivity (Wildman–Crippen MR) is 97.3 cm³/mol. The molecule has 0 saturated carbocycles. The Kier molecular flexibility index (Phi) is 5.72. The van der Waals surface area contributed by atoms with Crippen LogP contribution in [-0.2, 0) is 11.3 Å². The highest BCUT2D eigenvalue weighted by Gasteiger charge is 2.26. The first-order chi connectivity index (χ1) is 12.5. The first-order valence-electron chi connectivity index (χ1n) is 8.26. The van der Waals surface area contributed by atoms with E-state index in [4.69, 9.17) is 8.83 Å². The topological polar surface area (TPSA) is 94.0 Å². The van der Waals surface area contributed by atoms with Gasteiger partial charge in [0.25, 0.3) is 11.1 Å². The van der Waals surface area contributed by atoms with E-state index in [1.54, 1.807) is 24.7 Å². The third-order valence-corrected chi connectivity index (χ3v) is 5.16. The second kappa shape index (κ2) is 8.18. The smallest absolute Gasteiger partial charge is 0.277 e. The summed E-state index contributed by atoms with van der Waals surface area (Å²) in [6, 6.07) is 5.54. The molecule has 0 bridgehead atoms. The quantitative estimate of drug-likeness (QED) is 0.635. The Balaban J connectivity index is 1.66. The van der Waals surface area contributed by atoms with Crippen molar-refractivity contribution >= 4 is 17.7 Å². The lowest BCUT2D eigenvalue weighted by Gasteiger charge is -2.17.